The fourth-order valence-electron chi connectivity index (χ4n) is 1.79. The zero-order chi connectivity index (χ0) is 10.2. The van der Waals surface area contributed by atoms with E-state index < -0.39 is 0 Å². The van der Waals surface area contributed by atoms with Gasteiger partial charge >= 0.3 is 0 Å². The summed E-state index contributed by atoms with van der Waals surface area (Å²) in [6, 6.07) is 5.73. The first-order valence-corrected chi connectivity index (χ1v) is 5.16. The fourth-order valence-corrected chi connectivity index (χ4v) is 1.79. The van der Waals surface area contributed by atoms with E-state index in [1.165, 1.54) is 5.56 Å². The van der Waals surface area contributed by atoms with E-state index >= 15 is 0 Å². The molecule has 0 radical (unpaired) electrons. The minimum atomic E-state index is 0.110. The second-order valence-corrected chi connectivity index (χ2v) is 4.54. The third-order valence-electron chi connectivity index (χ3n) is 2.93. The van der Waals surface area contributed by atoms with Gasteiger partial charge in [0.15, 0.2) is 0 Å². The Kier molecular flexibility index (Phi) is 2.23. The number of phenols is 1. The van der Waals surface area contributed by atoms with E-state index in [0.29, 0.717) is 5.75 Å². The zero-order valence-corrected chi connectivity index (χ0v) is 8.59. The number of aryl methyl sites for hydroxylation is 2. The van der Waals surface area contributed by atoms with Crippen molar-refractivity contribution in [3.8, 4) is 5.75 Å². The number of hydrogen-bond donors (Lipinski definition) is 2. The molecule has 0 amide bonds. The van der Waals surface area contributed by atoms with Gasteiger partial charge in [-0.1, -0.05) is 6.07 Å². The predicted molar refractivity (Wildman–Crippen MR) is 57.3 cm³/mol. The van der Waals surface area contributed by atoms with Gasteiger partial charge in [0.05, 0.1) is 0 Å². The molecule has 0 heterocycles. The molecule has 1 saturated carbocycles. The number of aromatic hydroxyl groups is 1. The van der Waals surface area contributed by atoms with E-state index in [-0.39, 0.29) is 5.54 Å². The van der Waals surface area contributed by atoms with Crippen LogP contribution in [0, 0.1) is 6.92 Å². The lowest BCUT2D eigenvalue weighted by Gasteiger charge is -2.08. The van der Waals surface area contributed by atoms with E-state index in [0.717, 1.165) is 31.2 Å². The Morgan fingerprint density at radius 1 is 1.36 bits per heavy atom. The number of phenolic OH excluding ortho intramolecular Hbond substituents is 1. The third-order valence-corrected chi connectivity index (χ3v) is 2.93. The standard InChI is InChI=1S/C12H17NO/c1-9-6-10(8-11(14)7-9)2-3-12(13)4-5-12/h6-8,14H,2-5,13H2,1H3. The lowest BCUT2D eigenvalue weighted by Crippen LogP contribution is -2.22. The molecule has 76 valence electrons. The van der Waals surface area contributed by atoms with Crippen LogP contribution in [0.2, 0.25) is 0 Å². The zero-order valence-electron chi connectivity index (χ0n) is 8.59. The van der Waals surface area contributed by atoms with Crippen LogP contribution < -0.4 is 5.73 Å². The number of benzene rings is 1. The molecule has 2 heteroatoms. The normalized spacial score (nSPS) is 18.1. The second kappa shape index (κ2) is 3.28. The van der Waals surface area contributed by atoms with Gasteiger partial charge in [-0.2, -0.15) is 0 Å². The topological polar surface area (TPSA) is 46.2 Å². The summed E-state index contributed by atoms with van der Waals surface area (Å²) in [5.41, 5.74) is 8.43. The van der Waals surface area contributed by atoms with Crippen LogP contribution >= 0.6 is 0 Å². The van der Waals surface area contributed by atoms with E-state index in [4.69, 9.17) is 5.73 Å². The molecule has 1 aromatic rings. The van der Waals surface area contributed by atoms with Crippen molar-refractivity contribution in [2.24, 2.45) is 5.73 Å². The van der Waals surface area contributed by atoms with Crippen LogP contribution in [0.4, 0.5) is 0 Å². The van der Waals surface area contributed by atoms with Gasteiger partial charge in [0, 0.05) is 5.54 Å². The molecular weight excluding hydrogens is 174 g/mol. The summed E-state index contributed by atoms with van der Waals surface area (Å²) in [6.07, 6.45) is 4.33. The Bertz CT molecular complexity index is 322. The van der Waals surface area contributed by atoms with Crippen LogP contribution in [0.3, 0.4) is 0 Å². The van der Waals surface area contributed by atoms with Gasteiger partial charge in [-0.3, -0.25) is 0 Å². The number of rotatable bonds is 3. The fraction of sp³-hybridized carbons (Fsp3) is 0.500. The molecule has 0 spiro atoms. The van der Waals surface area contributed by atoms with Crippen molar-refractivity contribution >= 4 is 0 Å². The van der Waals surface area contributed by atoms with Crippen LogP contribution in [-0.4, -0.2) is 10.6 Å². The highest BCUT2D eigenvalue weighted by Crippen LogP contribution is 2.36. The van der Waals surface area contributed by atoms with Gasteiger partial charge in [-0.05, 0) is 55.9 Å². The monoisotopic (exact) mass is 191 g/mol. The molecule has 1 aliphatic carbocycles. The van der Waals surface area contributed by atoms with Crippen LogP contribution in [0.5, 0.6) is 5.75 Å². The minimum absolute atomic E-state index is 0.110. The van der Waals surface area contributed by atoms with Gasteiger partial charge in [0.1, 0.15) is 5.75 Å². The van der Waals surface area contributed by atoms with Crippen LogP contribution in [0.15, 0.2) is 18.2 Å². The van der Waals surface area contributed by atoms with Crippen molar-refractivity contribution < 1.29 is 5.11 Å². The van der Waals surface area contributed by atoms with E-state index in [1.54, 1.807) is 6.07 Å². The quantitative estimate of drug-likeness (QED) is 0.768. The Labute approximate surface area is 84.7 Å². The molecule has 14 heavy (non-hydrogen) atoms. The van der Waals surface area contributed by atoms with Gasteiger partial charge in [0.25, 0.3) is 0 Å². The number of nitrogens with two attached hydrogens (primary N) is 1. The highest BCUT2D eigenvalue weighted by Gasteiger charge is 2.37. The third kappa shape index (κ3) is 2.26. The average molecular weight is 191 g/mol. The Morgan fingerprint density at radius 3 is 2.64 bits per heavy atom. The van der Waals surface area contributed by atoms with Gasteiger partial charge < -0.3 is 10.8 Å². The maximum Gasteiger partial charge on any atom is 0.116 e. The van der Waals surface area contributed by atoms with Gasteiger partial charge in [-0.15, -0.1) is 0 Å². The summed E-state index contributed by atoms with van der Waals surface area (Å²) in [4.78, 5) is 0. The Balaban J connectivity index is 2.01. The Morgan fingerprint density at radius 2 is 2.07 bits per heavy atom. The van der Waals surface area contributed by atoms with Crippen molar-refractivity contribution in [2.45, 2.75) is 38.1 Å². The van der Waals surface area contributed by atoms with Crippen LogP contribution in [0.25, 0.3) is 0 Å². The van der Waals surface area contributed by atoms with Crippen molar-refractivity contribution in [2.75, 3.05) is 0 Å². The molecule has 1 fully saturated rings. The maximum absolute atomic E-state index is 9.41. The molecule has 3 N–H and O–H groups in total. The highest BCUT2D eigenvalue weighted by atomic mass is 16.3. The molecular formula is C12H17NO. The maximum atomic E-state index is 9.41. The number of hydrogen-bond acceptors (Lipinski definition) is 2. The molecule has 0 unspecified atom stereocenters. The molecule has 0 saturated heterocycles. The molecule has 0 bridgehead atoms. The summed E-state index contributed by atoms with van der Waals surface area (Å²) in [7, 11) is 0. The van der Waals surface area contributed by atoms with Crippen molar-refractivity contribution in [3.05, 3.63) is 29.3 Å². The average Bonchev–Trinajstić information content (AvgIpc) is 2.80. The summed E-state index contributed by atoms with van der Waals surface area (Å²) in [6.45, 7) is 2.00. The summed E-state index contributed by atoms with van der Waals surface area (Å²) < 4.78 is 0. The van der Waals surface area contributed by atoms with E-state index in [2.05, 4.69) is 6.07 Å². The van der Waals surface area contributed by atoms with Crippen LogP contribution in [0.1, 0.15) is 30.4 Å². The lowest BCUT2D eigenvalue weighted by molar-refractivity contribution is 0.473. The summed E-state index contributed by atoms with van der Waals surface area (Å²) >= 11 is 0. The van der Waals surface area contributed by atoms with Crippen molar-refractivity contribution in [1.29, 1.82) is 0 Å². The molecule has 0 atom stereocenters. The minimum Gasteiger partial charge on any atom is -0.508 e. The van der Waals surface area contributed by atoms with Crippen molar-refractivity contribution in [1.82, 2.24) is 0 Å². The summed E-state index contributed by atoms with van der Waals surface area (Å²) in [5, 5.41) is 9.41. The van der Waals surface area contributed by atoms with E-state index in [9.17, 15) is 5.11 Å². The Hall–Kier alpha value is -1.02. The second-order valence-electron chi connectivity index (χ2n) is 4.54. The molecule has 0 aliphatic heterocycles. The first-order chi connectivity index (χ1) is 6.57. The van der Waals surface area contributed by atoms with E-state index in [1.807, 2.05) is 13.0 Å². The van der Waals surface area contributed by atoms with Crippen molar-refractivity contribution in [3.63, 3.8) is 0 Å². The predicted octanol–water partition coefficient (Wildman–Crippen LogP) is 2.12. The smallest absolute Gasteiger partial charge is 0.116 e. The molecule has 1 aromatic carbocycles. The molecule has 2 nitrogen and oxygen atoms in total. The molecule has 0 aromatic heterocycles. The molecule has 2 rings (SSSR count). The van der Waals surface area contributed by atoms with Gasteiger partial charge in [0.2, 0.25) is 0 Å². The highest BCUT2D eigenvalue weighted by molar-refractivity contribution is 5.33. The van der Waals surface area contributed by atoms with Crippen LogP contribution in [-0.2, 0) is 6.42 Å². The first kappa shape index (κ1) is 9.53. The van der Waals surface area contributed by atoms with Gasteiger partial charge in [-0.25, -0.2) is 0 Å². The first-order valence-electron chi connectivity index (χ1n) is 5.16. The molecule has 1 aliphatic rings. The SMILES string of the molecule is Cc1cc(O)cc(CCC2(N)CC2)c1. The largest absolute Gasteiger partial charge is 0.508 e. The summed E-state index contributed by atoms with van der Waals surface area (Å²) in [5.74, 6) is 0.363. The lowest BCUT2D eigenvalue weighted by atomic mass is 10.0.